The summed E-state index contributed by atoms with van der Waals surface area (Å²) in [5, 5.41) is 0. The Morgan fingerprint density at radius 2 is 0.759 bits per heavy atom. The van der Waals surface area contributed by atoms with Crippen LogP contribution in [0.5, 0.6) is 0 Å². The molecular weight excluding hydrogens is 675 g/mol. The van der Waals surface area contributed by atoms with Crippen LogP contribution in [0.15, 0.2) is 188 Å². The van der Waals surface area contributed by atoms with Gasteiger partial charge in [0.1, 0.15) is 0 Å². The van der Waals surface area contributed by atoms with E-state index in [1.807, 2.05) is 47.7 Å². The molecule has 0 N–H and O–H groups in total. The third kappa shape index (κ3) is 4.50. The molecular formula is C50H31N3S. The Labute approximate surface area is 318 Å². The van der Waals surface area contributed by atoms with Gasteiger partial charge in [-0.25, -0.2) is 15.0 Å². The number of hydrogen-bond acceptors (Lipinski definition) is 4. The first-order chi connectivity index (χ1) is 26.8. The molecule has 2 heterocycles. The summed E-state index contributed by atoms with van der Waals surface area (Å²) >= 11 is 1.91. The normalized spacial score (nSPS) is 13.0. The van der Waals surface area contributed by atoms with Crippen molar-refractivity contribution in [1.29, 1.82) is 0 Å². The monoisotopic (exact) mass is 705 g/mol. The maximum atomic E-state index is 5.18. The minimum absolute atomic E-state index is 0.555. The Morgan fingerprint density at radius 3 is 1.28 bits per heavy atom. The fraction of sp³-hybridized carbons (Fsp3) is 0.0200. The van der Waals surface area contributed by atoms with Crippen LogP contribution in [0.3, 0.4) is 0 Å². The Balaban J connectivity index is 1.24. The number of hydrogen-bond donors (Lipinski definition) is 0. The summed E-state index contributed by atoms with van der Waals surface area (Å²) in [6.45, 7) is 0. The van der Waals surface area contributed by atoms with E-state index in [4.69, 9.17) is 15.0 Å². The summed E-state index contributed by atoms with van der Waals surface area (Å²) in [7, 11) is 0. The minimum Gasteiger partial charge on any atom is -0.208 e. The first kappa shape index (κ1) is 30.8. The van der Waals surface area contributed by atoms with Crippen molar-refractivity contribution in [3.8, 4) is 77.3 Å². The average molecular weight is 706 g/mol. The second kappa shape index (κ2) is 12.2. The molecule has 3 nitrogen and oxygen atoms in total. The van der Waals surface area contributed by atoms with Crippen LogP contribution in [0.1, 0.15) is 22.3 Å². The average Bonchev–Trinajstić information content (AvgIpc) is 3.89. The van der Waals surface area contributed by atoms with Crippen molar-refractivity contribution >= 4 is 11.3 Å². The molecule has 0 radical (unpaired) electrons. The van der Waals surface area contributed by atoms with Gasteiger partial charge in [0.05, 0.1) is 5.41 Å². The lowest BCUT2D eigenvalue weighted by Crippen LogP contribution is -2.26. The standard InChI is InChI=1S/C50H31N3S/c1-5-17-32(18-6-1)45-43-39-30-29-36(49-52-47(34-21-9-3-10-22-34)51-48(53-49)35-23-11-4-12-24-35)31-42(39)50(44(43)46(54-45)33-19-7-2-8-20-33)40-27-15-13-25-37(40)38-26-14-16-28-41(38)50/h1-31H. The van der Waals surface area contributed by atoms with Gasteiger partial charge in [-0.15, -0.1) is 11.3 Å². The number of nitrogens with zero attached hydrogens (tertiary/aromatic N) is 3. The van der Waals surface area contributed by atoms with Crippen molar-refractivity contribution in [2.75, 3.05) is 0 Å². The van der Waals surface area contributed by atoms with Gasteiger partial charge in [-0.3, -0.25) is 0 Å². The van der Waals surface area contributed by atoms with Gasteiger partial charge in [0.15, 0.2) is 17.5 Å². The Morgan fingerprint density at radius 1 is 0.333 bits per heavy atom. The molecule has 9 aromatic rings. The summed E-state index contributed by atoms with van der Waals surface area (Å²) < 4.78 is 0. The highest BCUT2D eigenvalue weighted by molar-refractivity contribution is 7.19. The van der Waals surface area contributed by atoms with E-state index < -0.39 is 5.41 Å². The summed E-state index contributed by atoms with van der Waals surface area (Å²) in [6, 6.07) is 67.2. The zero-order valence-corrected chi connectivity index (χ0v) is 30.0. The zero-order valence-electron chi connectivity index (χ0n) is 29.1. The molecule has 0 saturated carbocycles. The van der Waals surface area contributed by atoms with Crippen molar-refractivity contribution in [2.45, 2.75) is 5.41 Å². The van der Waals surface area contributed by atoms with Crippen LogP contribution in [0.25, 0.3) is 77.3 Å². The van der Waals surface area contributed by atoms with Gasteiger partial charge in [0, 0.05) is 32.0 Å². The molecule has 0 bridgehead atoms. The number of thiophene rings is 1. The maximum Gasteiger partial charge on any atom is 0.164 e. The molecule has 0 fully saturated rings. The van der Waals surface area contributed by atoms with Crippen molar-refractivity contribution in [1.82, 2.24) is 15.0 Å². The number of benzene rings is 7. The van der Waals surface area contributed by atoms with Crippen LogP contribution in [0, 0.1) is 0 Å². The lowest BCUT2D eigenvalue weighted by molar-refractivity contribution is 0.798. The highest BCUT2D eigenvalue weighted by Crippen LogP contribution is 2.68. The molecule has 252 valence electrons. The van der Waals surface area contributed by atoms with E-state index in [1.165, 1.54) is 65.4 Å². The van der Waals surface area contributed by atoms with Crippen molar-refractivity contribution in [2.24, 2.45) is 0 Å². The fourth-order valence-electron chi connectivity index (χ4n) is 8.71. The zero-order chi connectivity index (χ0) is 35.6. The SMILES string of the molecule is c1ccc(-c2nc(-c3ccccc3)nc(-c3ccc4c(c3)C3(c5ccccc5-c5ccccc53)c3c(-c5ccccc5)sc(-c5ccccc5)c3-4)n2)cc1. The van der Waals surface area contributed by atoms with Gasteiger partial charge in [-0.2, -0.15) is 0 Å². The lowest BCUT2D eigenvalue weighted by Gasteiger charge is -2.31. The van der Waals surface area contributed by atoms with Crippen LogP contribution in [0.2, 0.25) is 0 Å². The molecule has 1 spiro atoms. The fourth-order valence-corrected chi connectivity index (χ4v) is 10.1. The Kier molecular flexibility index (Phi) is 6.94. The van der Waals surface area contributed by atoms with Gasteiger partial charge < -0.3 is 0 Å². The van der Waals surface area contributed by atoms with E-state index in [0.717, 1.165) is 16.7 Å². The van der Waals surface area contributed by atoms with Crippen LogP contribution < -0.4 is 0 Å². The second-order valence-corrected chi connectivity index (χ2v) is 14.9. The van der Waals surface area contributed by atoms with Crippen LogP contribution >= 0.6 is 11.3 Å². The van der Waals surface area contributed by atoms with Crippen molar-refractivity contribution in [3.05, 3.63) is 210 Å². The van der Waals surface area contributed by atoms with Gasteiger partial charge in [-0.1, -0.05) is 182 Å². The van der Waals surface area contributed by atoms with E-state index >= 15 is 0 Å². The molecule has 11 rings (SSSR count). The smallest absolute Gasteiger partial charge is 0.164 e. The third-order valence-corrected chi connectivity index (χ3v) is 12.2. The summed E-state index contributed by atoms with van der Waals surface area (Å²) in [4.78, 5) is 17.9. The molecule has 54 heavy (non-hydrogen) atoms. The summed E-state index contributed by atoms with van der Waals surface area (Å²) in [5.74, 6) is 1.96. The van der Waals surface area contributed by atoms with E-state index in [1.54, 1.807) is 0 Å². The maximum absolute atomic E-state index is 5.18. The van der Waals surface area contributed by atoms with E-state index in [-0.39, 0.29) is 0 Å². The quantitative estimate of drug-likeness (QED) is 0.179. The molecule has 2 aliphatic rings. The van der Waals surface area contributed by atoms with Gasteiger partial charge in [-0.05, 0) is 56.1 Å². The van der Waals surface area contributed by atoms with Crippen LogP contribution in [0.4, 0.5) is 0 Å². The molecule has 0 saturated heterocycles. The summed E-state index contributed by atoms with van der Waals surface area (Å²) in [6.07, 6.45) is 0. The van der Waals surface area contributed by atoms with E-state index in [0.29, 0.717) is 17.5 Å². The highest BCUT2D eigenvalue weighted by Gasteiger charge is 2.54. The van der Waals surface area contributed by atoms with E-state index in [9.17, 15) is 0 Å². The topological polar surface area (TPSA) is 38.7 Å². The van der Waals surface area contributed by atoms with Crippen LogP contribution in [-0.2, 0) is 5.41 Å². The largest absolute Gasteiger partial charge is 0.208 e. The predicted molar refractivity (Wildman–Crippen MR) is 221 cm³/mol. The minimum atomic E-state index is -0.555. The number of aromatic nitrogens is 3. The van der Waals surface area contributed by atoms with Crippen LogP contribution in [-0.4, -0.2) is 15.0 Å². The van der Waals surface area contributed by atoms with Crippen molar-refractivity contribution in [3.63, 3.8) is 0 Å². The first-order valence-electron chi connectivity index (χ1n) is 18.3. The lowest BCUT2D eigenvalue weighted by atomic mass is 9.70. The second-order valence-electron chi connectivity index (χ2n) is 13.9. The third-order valence-electron chi connectivity index (χ3n) is 11.0. The molecule has 4 heteroatoms. The van der Waals surface area contributed by atoms with E-state index in [2.05, 4.69) is 152 Å². The molecule has 0 aliphatic heterocycles. The molecule has 7 aromatic carbocycles. The molecule has 2 aromatic heterocycles. The molecule has 0 atom stereocenters. The Hall–Kier alpha value is -6.75. The molecule has 0 amide bonds. The predicted octanol–water partition coefficient (Wildman–Crippen LogP) is 12.6. The highest BCUT2D eigenvalue weighted by atomic mass is 32.1. The van der Waals surface area contributed by atoms with Gasteiger partial charge in [0.25, 0.3) is 0 Å². The number of rotatable bonds is 5. The summed E-state index contributed by atoms with van der Waals surface area (Å²) in [5.41, 5.74) is 15.1. The molecule has 0 unspecified atom stereocenters. The van der Waals surface area contributed by atoms with Gasteiger partial charge in [0.2, 0.25) is 0 Å². The number of fused-ring (bicyclic) bond motifs is 10. The molecule has 2 aliphatic carbocycles. The van der Waals surface area contributed by atoms with Gasteiger partial charge >= 0.3 is 0 Å². The first-order valence-corrected chi connectivity index (χ1v) is 19.1. The van der Waals surface area contributed by atoms with Crippen molar-refractivity contribution < 1.29 is 0 Å². The Bertz CT molecular complexity index is 2760.